The summed E-state index contributed by atoms with van der Waals surface area (Å²) in [6.07, 6.45) is 3.06. The highest BCUT2D eigenvalue weighted by Gasteiger charge is 2.22. The zero-order chi connectivity index (χ0) is 19.6. The molecule has 1 aromatic heterocycles. The average molecular weight is 390 g/mol. The van der Waals surface area contributed by atoms with Crippen molar-refractivity contribution in [3.8, 4) is 0 Å². The summed E-state index contributed by atoms with van der Waals surface area (Å²) in [4.78, 5) is 25.1. The van der Waals surface area contributed by atoms with E-state index < -0.39 is 21.4 Å². The lowest BCUT2D eigenvalue weighted by Crippen LogP contribution is -2.30. The predicted octanol–water partition coefficient (Wildman–Crippen LogP) is 2.07. The molecule has 1 aliphatic heterocycles. The third-order valence-corrected chi connectivity index (χ3v) is 5.76. The number of nitrogens with one attached hydrogen (secondary N) is 2. The molecule has 0 spiro atoms. The third kappa shape index (κ3) is 4.45. The second kappa shape index (κ2) is 7.66. The molecule has 0 radical (unpaired) electrons. The number of rotatable bonds is 4. The maximum absolute atomic E-state index is 12.5. The first kappa shape index (κ1) is 19.3. The Hall–Kier alpha value is -2.45. The Morgan fingerprint density at radius 1 is 1.26 bits per heavy atom. The number of hydrogen-bond donors (Lipinski definition) is 2. The Balaban J connectivity index is 1.81. The van der Waals surface area contributed by atoms with Crippen LogP contribution in [0.15, 0.2) is 44.4 Å². The van der Waals surface area contributed by atoms with Crippen molar-refractivity contribution < 1.29 is 17.6 Å². The van der Waals surface area contributed by atoms with Crippen LogP contribution in [0.25, 0.3) is 0 Å². The van der Waals surface area contributed by atoms with Gasteiger partial charge in [0.15, 0.2) is 9.84 Å². The van der Waals surface area contributed by atoms with Crippen LogP contribution in [0.4, 0.5) is 5.69 Å². The molecule has 3 rings (SSSR count). The van der Waals surface area contributed by atoms with Crippen LogP contribution >= 0.6 is 0 Å². The standard InChI is InChI=1S/C19H22N2O5S/c1-12-10-16(13-4-3-9-20-11-13)26-19(23)17(12)18(22)21-14-5-7-15(8-6-14)27(2,24)25/h5-8,10,13,20H,3-4,9,11H2,1-2H3,(H,21,22). The number of piperidine rings is 1. The summed E-state index contributed by atoms with van der Waals surface area (Å²) in [7, 11) is -3.31. The number of aryl methyl sites for hydroxylation is 1. The van der Waals surface area contributed by atoms with Crippen molar-refractivity contribution in [3.63, 3.8) is 0 Å². The van der Waals surface area contributed by atoms with Crippen molar-refractivity contribution in [2.24, 2.45) is 0 Å². The molecule has 1 aliphatic rings. The van der Waals surface area contributed by atoms with Crippen LogP contribution in [-0.4, -0.2) is 33.7 Å². The number of hydrogen-bond acceptors (Lipinski definition) is 6. The fraction of sp³-hybridized carbons (Fsp3) is 0.368. The van der Waals surface area contributed by atoms with Crippen molar-refractivity contribution >= 4 is 21.4 Å². The lowest BCUT2D eigenvalue weighted by molar-refractivity contribution is 0.102. The molecule has 1 saturated heterocycles. The van der Waals surface area contributed by atoms with Gasteiger partial charge in [-0.05, 0) is 62.2 Å². The van der Waals surface area contributed by atoms with E-state index in [0.717, 1.165) is 32.2 Å². The number of carbonyl (C=O) groups is 1. The van der Waals surface area contributed by atoms with Gasteiger partial charge in [0.1, 0.15) is 11.3 Å². The molecular weight excluding hydrogens is 368 g/mol. The lowest BCUT2D eigenvalue weighted by atomic mass is 9.95. The van der Waals surface area contributed by atoms with Crippen LogP contribution in [-0.2, 0) is 9.84 Å². The maximum atomic E-state index is 12.5. The molecular formula is C19H22N2O5S. The first-order valence-corrected chi connectivity index (χ1v) is 10.6. The Bertz CT molecular complexity index is 1000. The molecule has 1 unspecified atom stereocenters. The van der Waals surface area contributed by atoms with Gasteiger partial charge in [-0.15, -0.1) is 0 Å². The summed E-state index contributed by atoms with van der Waals surface area (Å²) < 4.78 is 28.4. The highest BCUT2D eigenvalue weighted by molar-refractivity contribution is 7.90. The minimum atomic E-state index is -3.31. The van der Waals surface area contributed by atoms with Gasteiger partial charge in [0, 0.05) is 24.4 Å². The van der Waals surface area contributed by atoms with Gasteiger partial charge in [0.25, 0.3) is 5.91 Å². The second-order valence-electron chi connectivity index (χ2n) is 6.79. The quantitative estimate of drug-likeness (QED) is 0.828. The highest BCUT2D eigenvalue weighted by atomic mass is 32.2. The molecule has 2 aromatic rings. The first-order valence-electron chi connectivity index (χ1n) is 8.72. The van der Waals surface area contributed by atoms with Gasteiger partial charge >= 0.3 is 5.63 Å². The molecule has 1 aromatic carbocycles. The van der Waals surface area contributed by atoms with E-state index in [2.05, 4.69) is 10.6 Å². The van der Waals surface area contributed by atoms with Crippen LogP contribution in [0.5, 0.6) is 0 Å². The van der Waals surface area contributed by atoms with Crippen molar-refractivity contribution in [2.75, 3.05) is 24.7 Å². The molecule has 1 atom stereocenters. The summed E-state index contributed by atoms with van der Waals surface area (Å²) in [5.74, 6) is 0.145. The zero-order valence-corrected chi connectivity index (χ0v) is 16.1. The number of anilines is 1. The van der Waals surface area contributed by atoms with Gasteiger partial charge < -0.3 is 15.1 Å². The highest BCUT2D eigenvalue weighted by Crippen LogP contribution is 2.24. The normalized spacial score (nSPS) is 17.5. The summed E-state index contributed by atoms with van der Waals surface area (Å²) in [6, 6.07) is 7.51. The van der Waals surface area contributed by atoms with Gasteiger partial charge in [-0.3, -0.25) is 4.79 Å². The van der Waals surface area contributed by atoms with Crippen LogP contribution in [0.2, 0.25) is 0 Å². The predicted molar refractivity (Wildman–Crippen MR) is 102 cm³/mol. The Morgan fingerprint density at radius 3 is 2.52 bits per heavy atom. The van der Waals surface area contributed by atoms with E-state index in [9.17, 15) is 18.0 Å². The van der Waals surface area contributed by atoms with Crippen LogP contribution in [0, 0.1) is 6.92 Å². The summed E-state index contributed by atoms with van der Waals surface area (Å²) in [6.45, 7) is 3.41. The minimum Gasteiger partial charge on any atom is -0.427 e. The van der Waals surface area contributed by atoms with E-state index in [1.165, 1.54) is 24.3 Å². The molecule has 1 fully saturated rings. The average Bonchev–Trinajstić information content (AvgIpc) is 2.61. The van der Waals surface area contributed by atoms with E-state index in [0.29, 0.717) is 17.0 Å². The van der Waals surface area contributed by atoms with Gasteiger partial charge in [0.2, 0.25) is 0 Å². The van der Waals surface area contributed by atoms with Crippen LogP contribution in [0.3, 0.4) is 0 Å². The SMILES string of the molecule is Cc1cc(C2CCCNC2)oc(=O)c1C(=O)Nc1ccc(S(C)(=O)=O)cc1. The van der Waals surface area contributed by atoms with Crippen LogP contribution < -0.4 is 16.3 Å². The summed E-state index contributed by atoms with van der Waals surface area (Å²) >= 11 is 0. The summed E-state index contributed by atoms with van der Waals surface area (Å²) in [5.41, 5.74) is 0.236. The van der Waals surface area contributed by atoms with E-state index in [-0.39, 0.29) is 16.4 Å². The van der Waals surface area contributed by atoms with Crippen molar-refractivity contribution in [1.29, 1.82) is 0 Å². The molecule has 27 heavy (non-hydrogen) atoms. The van der Waals surface area contributed by atoms with Crippen molar-refractivity contribution in [3.05, 3.63) is 57.6 Å². The molecule has 2 N–H and O–H groups in total. The fourth-order valence-electron chi connectivity index (χ4n) is 3.18. The molecule has 0 saturated carbocycles. The maximum Gasteiger partial charge on any atom is 0.349 e. The van der Waals surface area contributed by atoms with Gasteiger partial charge in [0.05, 0.1) is 4.90 Å². The number of amides is 1. The van der Waals surface area contributed by atoms with E-state index >= 15 is 0 Å². The van der Waals surface area contributed by atoms with E-state index in [4.69, 9.17) is 4.42 Å². The number of sulfone groups is 1. The molecule has 2 heterocycles. The third-order valence-electron chi connectivity index (χ3n) is 4.63. The molecule has 144 valence electrons. The Kier molecular flexibility index (Phi) is 5.48. The molecule has 0 aliphatic carbocycles. The van der Waals surface area contributed by atoms with Crippen molar-refractivity contribution in [2.45, 2.75) is 30.6 Å². The smallest absolute Gasteiger partial charge is 0.349 e. The molecule has 0 bridgehead atoms. The Morgan fingerprint density at radius 2 is 1.96 bits per heavy atom. The van der Waals surface area contributed by atoms with Gasteiger partial charge in [-0.2, -0.15) is 0 Å². The Labute approximate surface area is 157 Å². The second-order valence-corrected chi connectivity index (χ2v) is 8.80. The topological polar surface area (TPSA) is 105 Å². The largest absolute Gasteiger partial charge is 0.427 e. The van der Waals surface area contributed by atoms with Gasteiger partial charge in [-0.25, -0.2) is 13.2 Å². The van der Waals surface area contributed by atoms with Crippen LogP contribution in [0.1, 0.15) is 40.4 Å². The first-order chi connectivity index (χ1) is 12.8. The monoisotopic (exact) mass is 390 g/mol. The number of carbonyl (C=O) groups excluding carboxylic acids is 1. The fourth-order valence-corrected chi connectivity index (χ4v) is 3.81. The summed E-state index contributed by atoms with van der Waals surface area (Å²) in [5, 5.41) is 5.88. The zero-order valence-electron chi connectivity index (χ0n) is 15.2. The lowest BCUT2D eigenvalue weighted by Gasteiger charge is -2.22. The molecule has 1 amide bonds. The molecule has 8 heteroatoms. The van der Waals surface area contributed by atoms with E-state index in [1.54, 1.807) is 13.0 Å². The van der Waals surface area contributed by atoms with Crippen molar-refractivity contribution in [1.82, 2.24) is 5.32 Å². The molecule has 7 nitrogen and oxygen atoms in total. The number of benzene rings is 1. The van der Waals surface area contributed by atoms with E-state index in [1.807, 2.05) is 0 Å². The van der Waals surface area contributed by atoms with Gasteiger partial charge in [-0.1, -0.05) is 0 Å². The minimum absolute atomic E-state index is 0.0466.